The van der Waals surface area contributed by atoms with E-state index < -0.39 is 22.0 Å². The Morgan fingerprint density at radius 3 is 2.16 bits per heavy atom. The molecule has 0 aliphatic rings. The van der Waals surface area contributed by atoms with Crippen molar-refractivity contribution >= 4 is 44.8 Å². The number of benzene rings is 2. The third-order valence-electron chi connectivity index (χ3n) is 3.23. The summed E-state index contributed by atoms with van der Waals surface area (Å²) in [6, 6.07) is 9.36. The Morgan fingerprint density at radius 2 is 1.64 bits per heavy atom. The number of halogens is 2. The van der Waals surface area contributed by atoms with Crippen LogP contribution in [0.5, 0.6) is 5.75 Å². The standard InChI is InChI=1S/C16H16Cl2N2O4S/c1-10(16(21)19-13-8-11(17)7-12(18)9-13)20-25(22,23)15-5-3-14(24-2)4-6-15/h3-10,20H,1-2H3,(H,19,21). The number of methoxy groups -OCH3 is 1. The van der Waals surface area contributed by atoms with Crippen LogP contribution in [-0.4, -0.2) is 27.5 Å². The molecule has 0 aliphatic carbocycles. The Morgan fingerprint density at radius 1 is 1.08 bits per heavy atom. The van der Waals surface area contributed by atoms with Gasteiger partial charge >= 0.3 is 0 Å². The van der Waals surface area contributed by atoms with Crippen molar-refractivity contribution < 1.29 is 17.9 Å². The topological polar surface area (TPSA) is 84.5 Å². The summed E-state index contributed by atoms with van der Waals surface area (Å²) >= 11 is 11.7. The molecule has 0 bridgehead atoms. The Labute approximate surface area is 156 Å². The number of hydrogen-bond donors (Lipinski definition) is 2. The summed E-state index contributed by atoms with van der Waals surface area (Å²) in [5, 5.41) is 3.27. The van der Waals surface area contributed by atoms with Gasteiger partial charge in [0.15, 0.2) is 0 Å². The molecule has 0 saturated carbocycles. The zero-order valence-electron chi connectivity index (χ0n) is 13.4. The van der Waals surface area contributed by atoms with Crippen molar-refractivity contribution in [2.24, 2.45) is 0 Å². The lowest BCUT2D eigenvalue weighted by Crippen LogP contribution is -2.41. The molecule has 25 heavy (non-hydrogen) atoms. The lowest BCUT2D eigenvalue weighted by molar-refractivity contribution is -0.117. The number of ether oxygens (including phenoxy) is 1. The van der Waals surface area contributed by atoms with E-state index in [4.69, 9.17) is 27.9 Å². The van der Waals surface area contributed by atoms with Gasteiger partial charge in [-0.25, -0.2) is 8.42 Å². The molecule has 0 radical (unpaired) electrons. The number of carbonyl (C=O) groups excluding carboxylic acids is 1. The predicted molar refractivity (Wildman–Crippen MR) is 97.9 cm³/mol. The molecule has 9 heteroatoms. The molecule has 6 nitrogen and oxygen atoms in total. The van der Waals surface area contributed by atoms with Gasteiger partial charge in [-0.1, -0.05) is 23.2 Å². The lowest BCUT2D eigenvalue weighted by Gasteiger charge is -2.15. The first-order chi connectivity index (χ1) is 11.7. The van der Waals surface area contributed by atoms with Gasteiger partial charge in [0.1, 0.15) is 5.75 Å². The normalized spacial score (nSPS) is 12.5. The second-order valence-corrected chi connectivity index (χ2v) is 7.75. The minimum atomic E-state index is -3.86. The molecule has 0 spiro atoms. The van der Waals surface area contributed by atoms with Crippen LogP contribution in [0.3, 0.4) is 0 Å². The zero-order valence-corrected chi connectivity index (χ0v) is 15.7. The molecule has 134 valence electrons. The fourth-order valence-corrected chi connectivity index (χ4v) is 3.71. The summed E-state index contributed by atoms with van der Waals surface area (Å²) in [5.41, 5.74) is 0.373. The molecule has 0 heterocycles. The van der Waals surface area contributed by atoms with E-state index in [1.807, 2.05) is 0 Å². The zero-order chi connectivity index (χ0) is 18.6. The van der Waals surface area contributed by atoms with E-state index in [9.17, 15) is 13.2 Å². The molecule has 0 aliphatic heterocycles. The van der Waals surface area contributed by atoms with E-state index in [1.165, 1.54) is 56.5 Å². The lowest BCUT2D eigenvalue weighted by atomic mass is 10.3. The largest absolute Gasteiger partial charge is 0.497 e. The molecule has 1 amide bonds. The van der Waals surface area contributed by atoms with Crippen molar-refractivity contribution in [3.05, 3.63) is 52.5 Å². The van der Waals surface area contributed by atoms with Crippen LogP contribution in [0.25, 0.3) is 0 Å². The van der Waals surface area contributed by atoms with Crippen LogP contribution in [-0.2, 0) is 14.8 Å². The summed E-state index contributed by atoms with van der Waals surface area (Å²) in [4.78, 5) is 12.2. The van der Waals surface area contributed by atoms with E-state index in [-0.39, 0.29) is 4.90 Å². The van der Waals surface area contributed by atoms with Gasteiger partial charge in [-0.3, -0.25) is 4.79 Å². The number of rotatable bonds is 6. The third-order valence-corrected chi connectivity index (χ3v) is 5.22. The average molecular weight is 403 g/mol. The van der Waals surface area contributed by atoms with Gasteiger partial charge in [0.25, 0.3) is 0 Å². The molecule has 2 N–H and O–H groups in total. The number of anilines is 1. The molecule has 2 rings (SSSR count). The van der Waals surface area contributed by atoms with Crippen LogP contribution in [0.4, 0.5) is 5.69 Å². The van der Waals surface area contributed by atoms with Crippen molar-refractivity contribution in [2.75, 3.05) is 12.4 Å². The smallest absolute Gasteiger partial charge is 0.242 e. The van der Waals surface area contributed by atoms with Gasteiger partial charge in [-0.15, -0.1) is 0 Å². The maximum atomic E-state index is 12.3. The highest BCUT2D eigenvalue weighted by Crippen LogP contribution is 2.22. The van der Waals surface area contributed by atoms with Crippen LogP contribution in [0, 0.1) is 0 Å². The number of hydrogen-bond acceptors (Lipinski definition) is 4. The maximum Gasteiger partial charge on any atom is 0.242 e. The number of sulfonamides is 1. The Balaban J connectivity index is 2.08. The van der Waals surface area contributed by atoms with Crippen molar-refractivity contribution in [1.29, 1.82) is 0 Å². The van der Waals surface area contributed by atoms with E-state index in [0.717, 1.165) is 0 Å². The summed E-state index contributed by atoms with van der Waals surface area (Å²) < 4.78 is 32.0. The first-order valence-electron chi connectivity index (χ1n) is 7.14. The number of nitrogens with one attached hydrogen (secondary N) is 2. The third kappa shape index (κ3) is 5.34. The van der Waals surface area contributed by atoms with E-state index in [0.29, 0.717) is 21.5 Å². The fourth-order valence-electron chi connectivity index (χ4n) is 1.99. The first-order valence-corrected chi connectivity index (χ1v) is 9.38. The quantitative estimate of drug-likeness (QED) is 0.775. The molecular formula is C16H16Cl2N2O4S. The Hall–Kier alpha value is -1.80. The van der Waals surface area contributed by atoms with E-state index in [1.54, 1.807) is 0 Å². The summed E-state index contributed by atoms with van der Waals surface area (Å²) in [6.07, 6.45) is 0. The maximum absolute atomic E-state index is 12.3. The Kier molecular flexibility index (Phi) is 6.29. The summed E-state index contributed by atoms with van der Waals surface area (Å²) in [5.74, 6) is -0.0157. The predicted octanol–water partition coefficient (Wildman–Crippen LogP) is 3.31. The summed E-state index contributed by atoms with van der Waals surface area (Å²) in [6.45, 7) is 1.43. The molecule has 0 fully saturated rings. The van der Waals surface area contributed by atoms with Gasteiger partial charge in [0.2, 0.25) is 15.9 Å². The van der Waals surface area contributed by atoms with Crippen LogP contribution >= 0.6 is 23.2 Å². The second-order valence-electron chi connectivity index (χ2n) is 5.17. The van der Waals surface area contributed by atoms with Gasteiger partial charge in [-0.2, -0.15) is 4.72 Å². The molecule has 1 unspecified atom stereocenters. The Bertz CT molecular complexity index is 850. The minimum absolute atomic E-state index is 0.0266. The molecule has 1 atom stereocenters. The average Bonchev–Trinajstić information content (AvgIpc) is 2.53. The van der Waals surface area contributed by atoms with Crippen LogP contribution < -0.4 is 14.8 Å². The van der Waals surface area contributed by atoms with Crippen LogP contribution in [0.2, 0.25) is 10.0 Å². The molecule has 2 aromatic rings. The highest BCUT2D eigenvalue weighted by molar-refractivity contribution is 7.89. The van der Waals surface area contributed by atoms with Crippen LogP contribution in [0.15, 0.2) is 47.4 Å². The molecule has 2 aromatic carbocycles. The van der Waals surface area contributed by atoms with Crippen molar-refractivity contribution in [2.45, 2.75) is 17.9 Å². The second kappa shape index (κ2) is 8.05. The first kappa shape index (κ1) is 19.5. The van der Waals surface area contributed by atoms with Gasteiger partial charge in [0.05, 0.1) is 18.0 Å². The van der Waals surface area contributed by atoms with Gasteiger partial charge in [0, 0.05) is 15.7 Å². The number of carbonyl (C=O) groups is 1. The highest BCUT2D eigenvalue weighted by Gasteiger charge is 2.22. The SMILES string of the molecule is COc1ccc(S(=O)(=O)NC(C)C(=O)Nc2cc(Cl)cc(Cl)c2)cc1. The minimum Gasteiger partial charge on any atom is -0.497 e. The van der Waals surface area contributed by atoms with E-state index in [2.05, 4.69) is 10.0 Å². The highest BCUT2D eigenvalue weighted by atomic mass is 35.5. The monoisotopic (exact) mass is 402 g/mol. The molecular weight excluding hydrogens is 387 g/mol. The summed E-state index contributed by atoms with van der Waals surface area (Å²) in [7, 11) is -2.37. The van der Waals surface area contributed by atoms with Crippen LogP contribution in [0.1, 0.15) is 6.92 Å². The molecule has 0 saturated heterocycles. The number of amides is 1. The van der Waals surface area contributed by atoms with Gasteiger partial charge in [-0.05, 0) is 49.4 Å². The van der Waals surface area contributed by atoms with Crippen molar-refractivity contribution in [3.8, 4) is 5.75 Å². The van der Waals surface area contributed by atoms with E-state index >= 15 is 0 Å². The van der Waals surface area contributed by atoms with Crippen molar-refractivity contribution in [1.82, 2.24) is 4.72 Å². The van der Waals surface area contributed by atoms with Crippen molar-refractivity contribution in [3.63, 3.8) is 0 Å². The van der Waals surface area contributed by atoms with Gasteiger partial charge < -0.3 is 10.1 Å². The fraction of sp³-hybridized carbons (Fsp3) is 0.188. The molecule has 0 aromatic heterocycles.